The minimum Gasteiger partial charge on any atom is -0.484 e. The van der Waals surface area contributed by atoms with E-state index in [0.29, 0.717) is 11.8 Å². The lowest BCUT2D eigenvalue weighted by molar-refractivity contribution is -0.134. The number of ether oxygens (including phenoxy) is 1. The van der Waals surface area contributed by atoms with Crippen LogP contribution in [0.5, 0.6) is 5.75 Å². The van der Waals surface area contributed by atoms with Crippen LogP contribution < -0.4 is 4.74 Å². The smallest absolute Gasteiger partial charge is 0.260 e. The van der Waals surface area contributed by atoms with Crippen LogP contribution in [0.15, 0.2) is 54.6 Å². The van der Waals surface area contributed by atoms with Crippen LogP contribution in [-0.4, -0.2) is 30.5 Å². The molecular formula is C23H29NO2. The van der Waals surface area contributed by atoms with Crippen LogP contribution in [0.3, 0.4) is 0 Å². The third kappa shape index (κ3) is 5.10. The molecule has 0 unspecified atom stereocenters. The van der Waals surface area contributed by atoms with Crippen molar-refractivity contribution in [3.8, 4) is 5.75 Å². The number of benzene rings is 2. The molecule has 1 amide bonds. The van der Waals surface area contributed by atoms with Gasteiger partial charge < -0.3 is 9.64 Å². The lowest BCUT2D eigenvalue weighted by Crippen LogP contribution is -2.41. The number of hydrogen-bond donors (Lipinski definition) is 0. The zero-order valence-electron chi connectivity index (χ0n) is 15.9. The van der Waals surface area contributed by atoms with E-state index in [4.69, 9.17) is 4.74 Å². The van der Waals surface area contributed by atoms with Crippen LogP contribution in [-0.2, 0) is 11.2 Å². The van der Waals surface area contributed by atoms with Crippen molar-refractivity contribution >= 4 is 5.91 Å². The highest BCUT2D eigenvalue weighted by atomic mass is 16.5. The normalized spacial score (nSPS) is 15.3. The van der Waals surface area contributed by atoms with Crippen LogP contribution >= 0.6 is 0 Å². The molecule has 0 aromatic heterocycles. The maximum absolute atomic E-state index is 12.5. The fourth-order valence-corrected chi connectivity index (χ4v) is 3.53. The first-order valence-electron chi connectivity index (χ1n) is 9.66. The molecule has 1 heterocycles. The number of piperidine rings is 1. The molecule has 0 saturated carbocycles. The summed E-state index contributed by atoms with van der Waals surface area (Å²) in [5.74, 6) is 2.00. The summed E-state index contributed by atoms with van der Waals surface area (Å²) < 4.78 is 5.74. The Morgan fingerprint density at radius 3 is 2.50 bits per heavy atom. The van der Waals surface area contributed by atoms with Crippen LogP contribution in [0.4, 0.5) is 0 Å². The summed E-state index contributed by atoms with van der Waals surface area (Å²) in [5.41, 5.74) is 2.63. The number of nitrogens with zero attached hydrogens (tertiary/aromatic N) is 1. The molecule has 3 heteroatoms. The predicted octanol–water partition coefficient (Wildman–Crippen LogP) is 4.67. The van der Waals surface area contributed by atoms with Gasteiger partial charge in [-0.1, -0.05) is 56.3 Å². The van der Waals surface area contributed by atoms with E-state index in [0.717, 1.165) is 38.1 Å². The second-order valence-electron chi connectivity index (χ2n) is 7.53. The molecule has 1 saturated heterocycles. The SMILES string of the molecule is CC(C)c1cccc(OCC(=O)N2CCC(Cc3ccccc3)CC2)c1. The second-order valence-corrected chi connectivity index (χ2v) is 7.53. The van der Waals surface area contributed by atoms with Gasteiger partial charge in [-0.2, -0.15) is 0 Å². The molecule has 0 spiro atoms. The van der Waals surface area contributed by atoms with Gasteiger partial charge in [-0.15, -0.1) is 0 Å². The maximum Gasteiger partial charge on any atom is 0.260 e. The summed E-state index contributed by atoms with van der Waals surface area (Å²) in [6, 6.07) is 18.7. The fraction of sp³-hybridized carbons (Fsp3) is 0.435. The van der Waals surface area contributed by atoms with Crippen LogP contribution in [0.25, 0.3) is 0 Å². The summed E-state index contributed by atoms with van der Waals surface area (Å²) >= 11 is 0. The quantitative estimate of drug-likeness (QED) is 0.757. The van der Waals surface area contributed by atoms with Gasteiger partial charge in [0.15, 0.2) is 6.61 Å². The van der Waals surface area contributed by atoms with E-state index < -0.39 is 0 Å². The van der Waals surface area contributed by atoms with Gasteiger partial charge in [0.1, 0.15) is 5.75 Å². The number of carbonyl (C=O) groups excluding carboxylic acids is 1. The zero-order valence-corrected chi connectivity index (χ0v) is 15.9. The van der Waals surface area contributed by atoms with Crippen molar-refractivity contribution in [3.63, 3.8) is 0 Å². The number of rotatable bonds is 6. The molecule has 0 N–H and O–H groups in total. The van der Waals surface area contributed by atoms with Gasteiger partial charge in [-0.05, 0) is 54.4 Å². The highest BCUT2D eigenvalue weighted by Gasteiger charge is 2.23. The largest absolute Gasteiger partial charge is 0.484 e. The standard InChI is InChI=1S/C23H29NO2/c1-18(2)21-9-6-10-22(16-21)26-17-23(25)24-13-11-20(12-14-24)15-19-7-4-3-5-8-19/h3-10,16,18,20H,11-15,17H2,1-2H3. The van der Waals surface area contributed by atoms with E-state index in [1.54, 1.807) is 0 Å². The number of carbonyl (C=O) groups is 1. The van der Waals surface area contributed by atoms with Gasteiger partial charge in [0, 0.05) is 13.1 Å². The van der Waals surface area contributed by atoms with Gasteiger partial charge in [0.2, 0.25) is 0 Å². The number of likely N-dealkylation sites (tertiary alicyclic amines) is 1. The molecule has 26 heavy (non-hydrogen) atoms. The van der Waals surface area contributed by atoms with Gasteiger partial charge in [0.25, 0.3) is 5.91 Å². The molecule has 0 bridgehead atoms. The van der Waals surface area contributed by atoms with E-state index in [1.807, 2.05) is 23.1 Å². The van der Waals surface area contributed by atoms with E-state index in [1.165, 1.54) is 11.1 Å². The maximum atomic E-state index is 12.5. The zero-order chi connectivity index (χ0) is 18.4. The first-order chi connectivity index (χ1) is 12.6. The Balaban J connectivity index is 1.44. The van der Waals surface area contributed by atoms with Gasteiger partial charge in [0.05, 0.1) is 0 Å². The first-order valence-corrected chi connectivity index (χ1v) is 9.66. The highest BCUT2D eigenvalue weighted by Crippen LogP contribution is 2.23. The van der Waals surface area contributed by atoms with Gasteiger partial charge in [-0.3, -0.25) is 4.79 Å². The van der Waals surface area contributed by atoms with Crippen LogP contribution in [0.2, 0.25) is 0 Å². The lowest BCUT2D eigenvalue weighted by atomic mass is 9.90. The van der Waals surface area contributed by atoms with E-state index >= 15 is 0 Å². The van der Waals surface area contributed by atoms with Crippen molar-refractivity contribution in [1.29, 1.82) is 0 Å². The van der Waals surface area contributed by atoms with Crippen LogP contribution in [0.1, 0.15) is 43.7 Å². The molecule has 2 aromatic rings. The van der Waals surface area contributed by atoms with Crippen molar-refractivity contribution in [1.82, 2.24) is 4.90 Å². The lowest BCUT2D eigenvalue weighted by Gasteiger charge is -2.32. The third-order valence-electron chi connectivity index (χ3n) is 5.22. The predicted molar refractivity (Wildman–Crippen MR) is 105 cm³/mol. The molecule has 0 atom stereocenters. The second kappa shape index (κ2) is 8.88. The molecule has 138 valence electrons. The number of hydrogen-bond acceptors (Lipinski definition) is 2. The minimum absolute atomic E-state index is 0.0955. The van der Waals surface area contributed by atoms with Crippen molar-refractivity contribution in [2.24, 2.45) is 5.92 Å². The molecule has 1 aliphatic heterocycles. The van der Waals surface area contributed by atoms with Crippen molar-refractivity contribution in [2.45, 2.75) is 39.0 Å². The third-order valence-corrected chi connectivity index (χ3v) is 5.22. The van der Waals surface area contributed by atoms with Crippen molar-refractivity contribution < 1.29 is 9.53 Å². The number of amides is 1. The molecule has 1 aliphatic rings. The van der Waals surface area contributed by atoms with Crippen molar-refractivity contribution in [2.75, 3.05) is 19.7 Å². The topological polar surface area (TPSA) is 29.5 Å². The van der Waals surface area contributed by atoms with Crippen LogP contribution in [0, 0.1) is 5.92 Å². The first kappa shape index (κ1) is 18.5. The Bertz CT molecular complexity index is 703. The van der Waals surface area contributed by atoms with E-state index in [-0.39, 0.29) is 12.5 Å². The van der Waals surface area contributed by atoms with E-state index in [9.17, 15) is 4.79 Å². The molecule has 0 aliphatic carbocycles. The summed E-state index contributed by atoms with van der Waals surface area (Å²) in [4.78, 5) is 14.4. The highest BCUT2D eigenvalue weighted by molar-refractivity contribution is 5.77. The molecule has 1 fully saturated rings. The Morgan fingerprint density at radius 2 is 1.81 bits per heavy atom. The minimum atomic E-state index is 0.0955. The van der Waals surface area contributed by atoms with Gasteiger partial charge in [-0.25, -0.2) is 0 Å². The Hall–Kier alpha value is -2.29. The summed E-state index contributed by atoms with van der Waals surface area (Å²) in [7, 11) is 0. The molecule has 3 nitrogen and oxygen atoms in total. The van der Waals surface area contributed by atoms with E-state index in [2.05, 4.69) is 50.2 Å². The van der Waals surface area contributed by atoms with Crippen molar-refractivity contribution in [3.05, 3.63) is 65.7 Å². The molecule has 0 radical (unpaired) electrons. The molecule has 3 rings (SSSR count). The van der Waals surface area contributed by atoms with Gasteiger partial charge >= 0.3 is 0 Å². The molecule has 2 aromatic carbocycles. The summed E-state index contributed by atoms with van der Waals surface area (Å²) in [6.45, 7) is 6.12. The average molecular weight is 351 g/mol. The monoisotopic (exact) mass is 351 g/mol. The molecular weight excluding hydrogens is 322 g/mol. The summed E-state index contributed by atoms with van der Waals surface area (Å²) in [6.07, 6.45) is 3.26. The average Bonchev–Trinajstić information content (AvgIpc) is 2.68. The summed E-state index contributed by atoms with van der Waals surface area (Å²) in [5, 5.41) is 0. The fourth-order valence-electron chi connectivity index (χ4n) is 3.53. The Morgan fingerprint density at radius 1 is 1.08 bits per heavy atom. The Kier molecular flexibility index (Phi) is 6.32. The Labute approximate surface area is 157 Å².